The Bertz CT molecular complexity index is 331. The van der Waals surface area contributed by atoms with Crippen LogP contribution in [0, 0.1) is 0 Å². The first-order chi connectivity index (χ1) is 8.39. The first kappa shape index (κ1) is 12.8. The third-order valence-electron chi connectivity index (χ3n) is 3.99. The second-order valence-electron chi connectivity index (χ2n) is 6.10. The Morgan fingerprint density at radius 1 is 1.17 bits per heavy atom. The quantitative estimate of drug-likeness (QED) is 0.707. The minimum Gasteiger partial charge on any atom is -0.390 e. The minimum absolute atomic E-state index is 0.190. The molecule has 0 aromatic carbocycles. The molecule has 5 heteroatoms. The molecule has 0 amide bonds. The molecule has 2 unspecified atom stereocenters. The lowest BCUT2D eigenvalue weighted by Gasteiger charge is -2.50. The zero-order valence-electron chi connectivity index (χ0n) is 11.2. The maximum absolute atomic E-state index is 10.3. The topological polar surface area (TPSA) is 57.2 Å². The van der Waals surface area contributed by atoms with Crippen molar-refractivity contribution in [3.05, 3.63) is 0 Å². The highest BCUT2D eigenvalue weighted by molar-refractivity contribution is 4.96. The van der Waals surface area contributed by atoms with Crippen LogP contribution in [0.1, 0.15) is 40.0 Å². The summed E-state index contributed by atoms with van der Waals surface area (Å²) in [6.45, 7) is 6.19. The lowest BCUT2D eigenvalue weighted by Crippen LogP contribution is -2.62. The number of aliphatic hydroxyl groups excluding tert-OH is 1. The summed E-state index contributed by atoms with van der Waals surface area (Å²) in [5.41, 5.74) is 0. The van der Waals surface area contributed by atoms with Gasteiger partial charge in [-0.1, -0.05) is 0 Å². The Balaban J connectivity index is 1.75. The fourth-order valence-electron chi connectivity index (χ4n) is 3.15. The number of rotatable bonds is 0. The smallest absolute Gasteiger partial charge is 0.171 e. The molecule has 104 valence electrons. The van der Waals surface area contributed by atoms with E-state index in [1.54, 1.807) is 0 Å². The molecule has 5 atom stereocenters. The van der Waals surface area contributed by atoms with Crippen LogP contribution in [-0.2, 0) is 18.9 Å². The molecule has 0 radical (unpaired) electrons. The Morgan fingerprint density at radius 3 is 2.61 bits per heavy atom. The number of hydrogen-bond donors (Lipinski definition) is 1. The third-order valence-corrected chi connectivity index (χ3v) is 3.99. The summed E-state index contributed by atoms with van der Waals surface area (Å²) in [7, 11) is 0. The Morgan fingerprint density at radius 2 is 1.94 bits per heavy atom. The van der Waals surface area contributed by atoms with Gasteiger partial charge < -0.3 is 24.1 Å². The molecule has 0 aromatic rings. The average molecular weight is 258 g/mol. The third kappa shape index (κ3) is 2.18. The monoisotopic (exact) mass is 258 g/mol. The molecule has 0 aliphatic carbocycles. The summed E-state index contributed by atoms with van der Waals surface area (Å²) in [5.74, 6) is -1.28. The van der Waals surface area contributed by atoms with Gasteiger partial charge in [-0.2, -0.15) is 0 Å². The van der Waals surface area contributed by atoms with Gasteiger partial charge in [0.25, 0.3) is 0 Å². The van der Waals surface area contributed by atoms with Crippen LogP contribution >= 0.6 is 0 Å². The van der Waals surface area contributed by atoms with Gasteiger partial charge in [0.1, 0.15) is 12.2 Å². The summed E-state index contributed by atoms with van der Waals surface area (Å²) < 4.78 is 23.3. The van der Waals surface area contributed by atoms with E-state index in [1.165, 1.54) is 0 Å². The van der Waals surface area contributed by atoms with Crippen molar-refractivity contribution in [1.82, 2.24) is 0 Å². The molecule has 3 fully saturated rings. The minimum atomic E-state index is -0.653. The van der Waals surface area contributed by atoms with Crippen LogP contribution in [0.15, 0.2) is 0 Å². The summed E-state index contributed by atoms with van der Waals surface area (Å²) in [6.07, 6.45) is 1.35. The van der Waals surface area contributed by atoms with Crippen molar-refractivity contribution in [3.8, 4) is 0 Å². The van der Waals surface area contributed by atoms with Crippen LogP contribution in [0.25, 0.3) is 0 Å². The predicted octanol–water partition coefficient (Wildman–Crippen LogP) is 1.18. The van der Waals surface area contributed by atoms with Crippen molar-refractivity contribution >= 4 is 0 Å². The molecular weight excluding hydrogens is 236 g/mol. The van der Waals surface area contributed by atoms with Crippen LogP contribution in [0.3, 0.4) is 0 Å². The van der Waals surface area contributed by atoms with E-state index in [0.29, 0.717) is 13.0 Å². The average Bonchev–Trinajstić information content (AvgIpc) is 2.61. The first-order valence-electron chi connectivity index (χ1n) is 6.75. The first-order valence-corrected chi connectivity index (χ1v) is 6.75. The summed E-state index contributed by atoms with van der Waals surface area (Å²) in [6, 6.07) is 0. The standard InChI is InChI=1S/C13H22O5/c1-8-4-5-13(16-8)6-9(14)11-10(17-13)7-15-12(2,3)18-11/h8-11,14H,4-7H2,1-3H3/t8-,9+,10?,11?,13+/m0/s1. The highest BCUT2D eigenvalue weighted by Gasteiger charge is 2.54. The lowest BCUT2D eigenvalue weighted by atomic mass is 9.93. The number of hydrogen-bond acceptors (Lipinski definition) is 5. The summed E-state index contributed by atoms with van der Waals surface area (Å²) in [5, 5.41) is 10.3. The summed E-state index contributed by atoms with van der Waals surface area (Å²) in [4.78, 5) is 0. The van der Waals surface area contributed by atoms with Crippen molar-refractivity contribution < 1.29 is 24.1 Å². The molecule has 3 saturated heterocycles. The molecule has 1 N–H and O–H groups in total. The number of aliphatic hydroxyl groups is 1. The van der Waals surface area contributed by atoms with E-state index in [2.05, 4.69) is 0 Å². The van der Waals surface area contributed by atoms with Gasteiger partial charge in [0, 0.05) is 12.8 Å². The maximum atomic E-state index is 10.3. The van der Waals surface area contributed by atoms with Gasteiger partial charge in [-0.25, -0.2) is 0 Å². The highest BCUT2D eigenvalue weighted by Crippen LogP contribution is 2.43. The molecule has 3 rings (SSSR count). The molecule has 0 aromatic heterocycles. The fourth-order valence-corrected chi connectivity index (χ4v) is 3.15. The van der Waals surface area contributed by atoms with E-state index in [4.69, 9.17) is 18.9 Å². The van der Waals surface area contributed by atoms with Gasteiger partial charge in [-0.15, -0.1) is 0 Å². The maximum Gasteiger partial charge on any atom is 0.171 e. The zero-order valence-corrected chi connectivity index (χ0v) is 11.2. The van der Waals surface area contributed by atoms with E-state index < -0.39 is 17.7 Å². The Kier molecular flexibility index (Phi) is 2.95. The van der Waals surface area contributed by atoms with Crippen LogP contribution in [0.2, 0.25) is 0 Å². The Hall–Kier alpha value is -0.200. The second kappa shape index (κ2) is 4.15. The Labute approximate surface area is 107 Å². The predicted molar refractivity (Wildman–Crippen MR) is 62.9 cm³/mol. The lowest BCUT2D eigenvalue weighted by molar-refractivity contribution is -0.387. The van der Waals surface area contributed by atoms with Crippen molar-refractivity contribution in [2.24, 2.45) is 0 Å². The van der Waals surface area contributed by atoms with E-state index in [-0.39, 0.29) is 18.3 Å². The fraction of sp³-hybridized carbons (Fsp3) is 1.00. The van der Waals surface area contributed by atoms with E-state index >= 15 is 0 Å². The SMILES string of the molecule is C[C@H]1CC[C@@]2(C[C@@H](O)C3OC(C)(C)OCC3O2)O1. The van der Waals surface area contributed by atoms with Gasteiger partial charge in [0.2, 0.25) is 0 Å². The molecule has 5 nitrogen and oxygen atoms in total. The van der Waals surface area contributed by atoms with E-state index in [9.17, 15) is 5.11 Å². The highest BCUT2D eigenvalue weighted by atomic mass is 16.8. The van der Waals surface area contributed by atoms with Crippen LogP contribution < -0.4 is 0 Å². The molecular formula is C13H22O5. The van der Waals surface area contributed by atoms with Crippen molar-refractivity contribution in [2.75, 3.05) is 6.61 Å². The normalized spacial score (nSPS) is 51.3. The van der Waals surface area contributed by atoms with Crippen molar-refractivity contribution in [2.45, 2.75) is 76.0 Å². The van der Waals surface area contributed by atoms with Gasteiger partial charge >= 0.3 is 0 Å². The molecule has 1 spiro atoms. The molecule has 0 bridgehead atoms. The van der Waals surface area contributed by atoms with Crippen molar-refractivity contribution in [1.29, 1.82) is 0 Å². The molecule has 3 heterocycles. The van der Waals surface area contributed by atoms with Crippen LogP contribution in [0.4, 0.5) is 0 Å². The molecule has 3 aliphatic heterocycles. The molecule has 0 saturated carbocycles. The number of ether oxygens (including phenoxy) is 4. The van der Waals surface area contributed by atoms with E-state index in [0.717, 1.165) is 12.8 Å². The van der Waals surface area contributed by atoms with E-state index in [1.807, 2.05) is 20.8 Å². The van der Waals surface area contributed by atoms with Crippen molar-refractivity contribution in [3.63, 3.8) is 0 Å². The molecule has 18 heavy (non-hydrogen) atoms. The number of fused-ring (bicyclic) bond motifs is 1. The molecule has 3 aliphatic rings. The van der Waals surface area contributed by atoms with Crippen LogP contribution in [0.5, 0.6) is 0 Å². The van der Waals surface area contributed by atoms with Gasteiger partial charge in [-0.05, 0) is 27.2 Å². The second-order valence-corrected chi connectivity index (χ2v) is 6.10. The van der Waals surface area contributed by atoms with Gasteiger partial charge in [-0.3, -0.25) is 0 Å². The largest absolute Gasteiger partial charge is 0.390 e. The summed E-state index contributed by atoms with van der Waals surface area (Å²) >= 11 is 0. The van der Waals surface area contributed by atoms with Gasteiger partial charge in [0.15, 0.2) is 11.6 Å². The van der Waals surface area contributed by atoms with Crippen LogP contribution in [-0.4, -0.2) is 47.7 Å². The van der Waals surface area contributed by atoms with Gasteiger partial charge in [0.05, 0.1) is 18.8 Å². The zero-order chi connectivity index (χ0) is 13.0.